The van der Waals surface area contributed by atoms with Crippen molar-refractivity contribution in [3.05, 3.63) is 48.3 Å². The van der Waals surface area contributed by atoms with Gasteiger partial charge in [-0.1, -0.05) is 25.0 Å². The Morgan fingerprint density at radius 1 is 1.13 bits per heavy atom. The van der Waals surface area contributed by atoms with E-state index in [-0.39, 0.29) is 11.6 Å². The molecule has 2 N–H and O–H groups in total. The molecule has 0 saturated heterocycles. The van der Waals surface area contributed by atoms with Gasteiger partial charge in [0.05, 0.1) is 23.6 Å². The van der Waals surface area contributed by atoms with Crippen LogP contribution in [0.4, 0.5) is 23.4 Å². The first-order valence-corrected chi connectivity index (χ1v) is 9.81. The lowest BCUT2D eigenvalue weighted by Gasteiger charge is -2.27. The van der Waals surface area contributed by atoms with Gasteiger partial charge >= 0.3 is 6.18 Å². The maximum atomic E-state index is 14.1. The van der Waals surface area contributed by atoms with Crippen LogP contribution >= 0.6 is 0 Å². The summed E-state index contributed by atoms with van der Waals surface area (Å²) in [6, 6.07) is 7.49. The van der Waals surface area contributed by atoms with Crippen molar-refractivity contribution < 1.29 is 22.7 Å². The molecule has 0 aliphatic heterocycles. The Bertz CT molecular complexity index is 1050. The maximum absolute atomic E-state index is 14.1. The predicted molar refractivity (Wildman–Crippen MR) is 105 cm³/mol. The molecule has 3 atom stereocenters. The minimum Gasteiger partial charge on any atom is -0.376 e. The number of alkyl halides is 4. The number of fused-ring (bicyclic) bond motifs is 1. The molecule has 4 rings (SSSR count). The van der Waals surface area contributed by atoms with Crippen LogP contribution in [-0.4, -0.2) is 37.9 Å². The third-order valence-electron chi connectivity index (χ3n) is 5.65. The van der Waals surface area contributed by atoms with E-state index in [0.29, 0.717) is 36.2 Å². The minimum absolute atomic E-state index is 0.307. The number of nitrogens with one attached hydrogen (secondary N) is 1. The van der Waals surface area contributed by atoms with Crippen LogP contribution < -0.4 is 5.32 Å². The van der Waals surface area contributed by atoms with Crippen molar-refractivity contribution in [2.24, 2.45) is 0 Å². The average Bonchev–Trinajstić information content (AvgIpc) is 3.12. The van der Waals surface area contributed by atoms with Crippen molar-refractivity contribution in [2.75, 3.05) is 5.32 Å². The van der Waals surface area contributed by atoms with Crippen LogP contribution in [0.1, 0.15) is 38.2 Å². The van der Waals surface area contributed by atoms with Gasteiger partial charge in [-0.3, -0.25) is 4.40 Å². The molecule has 160 valence electrons. The first-order chi connectivity index (χ1) is 14.2. The zero-order chi connectivity index (χ0) is 21.5. The van der Waals surface area contributed by atoms with Crippen LogP contribution in [0.3, 0.4) is 0 Å². The standard InChI is InChI=1S/C21H22F4N4O/c1-20(30,21(23,24)25)13-9-10-19-26-11-17(29(19)12-13)16-7-4-8-18(28-16)27-15-6-3-2-5-14(15)22/h4,7-12,14-15,30H,2-3,5-6H2,1H3,(H,27,28)/t14-,15-,20-/m0/s1. The lowest BCUT2D eigenvalue weighted by atomic mass is 9.94. The van der Waals surface area contributed by atoms with Gasteiger partial charge in [0.1, 0.15) is 17.6 Å². The lowest BCUT2D eigenvalue weighted by molar-refractivity contribution is -0.259. The smallest absolute Gasteiger partial charge is 0.376 e. The summed E-state index contributed by atoms with van der Waals surface area (Å²) in [5, 5.41) is 13.1. The van der Waals surface area contributed by atoms with E-state index in [1.807, 2.05) is 0 Å². The molecule has 0 spiro atoms. The van der Waals surface area contributed by atoms with Gasteiger partial charge in [0.25, 0.3) is 0 Å². The normalized spacial score (nSPS) is 22.1. The van der Waals surface area contributed by atoms with E-state index in [4.69, 9.17) is 0 Å². The molecule has 9 heteroatoms. The van der Waals surface area contributed by atoms with E-state index in [1.165, 1.54) is 28.9 Å². The molecule has 0 unspecified atom stereocenters. The molecule has 3 aromatic rings. The summed E-state index contributed by atoms with van der Waals surface area (Å²) >= 11 is 0. The Balaban J connectivity index is 1.69. The van der Waals surface area contributed by atoms with Crippen LogP contribution in [0, 0.1) is 0 Å². The number of halogens is 4. The molecule has 0 radical (unpaired) electrons. The van der Waals surface area contributed by atoms with Crippen molar-refractivity contribution in [1.82, 2.24) is 14.4 Å². The molecule has 0 aromatic carbocycles. The zero-order valence-electron chi connectivity index (χ0n) is 16.3. The van der Waals surface area contributed by atoms with Gasteiger partial charge < -0.3 is 10.4 Å². The third-order valence-corrected chi connectivity index (χ3v) is 5.65. The van der Waals surface area contributed by atoms with Gasteiger partial charge in [0, 0.05) is 11.8 Å². The number of imidazole rings is 1. The van der Waals surface area contributed by atoms with Crippen molar-refractivity contribution in [2.45, 2.75) is 56.6 Å². The van der Waals surface area contributed by atoms with Crippen molar-refractivity contribution in [3.8, 4) is 11.4 Å². The highest BCUT2D eigenvalue weighted by molar-refractivity contribution is 5.62. The molecule has 0 amide bonds. The summed E-state index contributed by atoms with van der Waals surface area (Å²) in [6.45, 7) is 0.713. The first-order valence-electron chi connectivity index (χ1n) is 9.81. The summed E-state index contributed by atoms with van der Waals surface area (Å²) in [5.74, 6) is 0.496. The second kappa shape index (κ2) is 7.54. The second-order valence-corrected chi connectivity index (χ2v) is 7.82. The SMILES string of the molecule is C[C@](O)(c1ccc2ncc(-c3cccc(N[C@H]4CCCC[C@@H]4F)n3)n2c1)C(F)(F)F. The van der Waals surface area contributed by atoms with Gasteiger partial charge in [0.2, 0.25) is 0 Å². The molecule has 1 fully saturated rings. The Labute approximate surface area is 170 Å². The number of hydrogen-bond acceptors (Lipinski definition) is 4. The number of rotatable bonds is 4. The Hall–Kier alpha value is -2.68. The summed E-state index contributed by atoms with van der Waals surface area (Å²) in [5.41, 5.74) is -1.95. The van der Waals surface area contributed by atoms with Crippen LogP contribution in [0.15, 0.2) is 42.7 Å². The number of nitrogens with zero attached hydrogens (tertiary/aromatic N) is 3. The van der Waals surface area contributed by atoms with E-state index >= 15 is 0 Å². The van der Waals surface area contributed by atoms with E-state index in [9.17, 15) is 22.7 Å². The Morgan fingerprint density at radius 2 is 1.90 bits per heavy atom. The average molecular weight is 422 g/mol. The van der Waals surface area contributed by atoms with Gasteiger partial charge in [-0.25, -0.2) is 14.4 Å². The zero-order valence-corrected chi connectivity index (χ0v) is 16.3. The molecular formula is C21H22F4N4O. The summed E-state index contributed by atoms with van der Waals surface area (Å²) in [4.78, 5) is 8.73. The number of aliphatic hydroxyl groups is 1. The van der Waals surface area contributed by atoms with Crippen LogP contribution in [-0.2, 0) is 5.60 Å². The maximum Gasteiger partial charge on any atom is 0.421 e. The number of anilines is 1. The highest BCUT2D eigenvalue weighted by Crippen LogP contribution is 2.38. The van der Waals surface area contributed by atoms with Crippen LogP contribution in [0.5, 0.6) is 0 Å². The first kappa shape index (κ1) is 20.6. The molecule has 1 aliphatic rings. The molecule has 30 heavy (non-hydrogen) atoms. The van der Waals surface area contributed by atoms with E-state index < -0.39 is 17.9 Å². The second-order valence-electron chi connectivity index (χ2n) is 7.82. The molecule has 1 aliphatic carbocycles. The fourth-order valence-electron chi connectivity index (χ4n) is 3.72. The molecule has 5 nitrogen and oxygen atoms in total. The monoisotopic (exact) mass is 422 g/mol. The van der Waals surface area contributed by atoms with E-state index in [0.717, 1.165) is 19.3 Å². The third kappa shape index (κ3) is 3.74. The van der Waals surface area contributed by atoms with Gasteiger partial charge in [0.15, 0.2) is 5.60 Å². The quantitative estimate of drug-likeness (QED) is 0.590. The van der Waals surface area contributed by atoms with Crippen LogP contribution in [0.2, 0.25) is 0 Å². The molecule has 3 aromatic heterocycles. The lowest BCUT2D eigenvalue weighted by Crippen LogP contribution is -2.39. The van der Waals surface area contributed by atoms with Crippen LogP contribution in [0.25, 0.3) is 17.0 Å². The minimum atomic E-state index is -4.83. The Kier molecular flexibility index (Phi) is 5.17. The summed E-state index contributed by atoms with van der Waals surface area (Å²) in [6.07, 6.45) is 0.0214. The van der Waals surface area contributed by atoms with Crippen molar-refractivity contribution in [3.63, 3.8) is 0 Å². The summed E-state index contributed by atoms with van der Waals surface area (Å²) in [7, 11) is 0. The molecule has 1 saturated carbocycles. The van der Waals surface area contributed by atoms with Gasteiger partial charge in [-0.15, -0.1) is 0 Å². The predicted octanol–water partition coefficient (Wildman–Crippen LogP) is 4.86. The highest BCUT2D eigenvalue weighted by Gasteiger charge is 2.51. The van der Waals surface area contributed by atoms with Gasteiger partial charge in [-0.05, 0) is 38.0 Å². The van der Waals surface area contributed by atoms with Crippen molar-refractivity contribution in [1.29, 1.82) is 0 Å². The fraction of sp³-hybridized carbons (Fsp3) is 0.429. The van der Waals surface area contributed by atoms with E-state index in [2.05, 4.69) is 15.3 Å². The van der Waals surface area contributed by atoms with E-state index in [1.54, 1.807) is 18.2 Å². The largest absolute Gasteiger partial charge is 0.421 e. The highest BCUT2D eigenvalue weighted by atomic mass is 19.4. The number of pyridine rings is 2. The summed E-state index contributed by atoms with van der Waals surface area (Å²) < 4.78 is 55.4. The topological polar surface area (TPSA) is 62.5 Å². The molecule has 3 heterocycles. The molecule has 0 bridgehead atoms. The fourth-order valence-corrected chi connectivity index (χ4v) is 3.72. The number of aromatic nitrogens is 3. The molecular weight excluding hydrogens is 400 g/mol. The number of hydrogen-bond donors (Lipinski definition) is 2. The van der Waals surface area contributed by atoms with Gasteiger partial charge in [-0.2, -0.15) is 13.2 Å². The van der Waals surface area contributed by atoms with Crippen molar-refractivity contribution >= 4 is 11.5 Å². The Morgan fingerprint density at radius 3 is 2.63 bits per heavy atom.